The first-order chi connectivity index (χ1) is 15.4. The Morgan fingerprint density at radius 1 is 0.656 bits per heavy atom. The Hall–Kier alpha value is -3.28. The van der Waals surface area contributed by atoms with E-state index in [9.17, 15) is 9.59 Å². The Balaban J connectivity index is 2.07. The third-order valence-electron chi connectivity index (χ3n) is 4.93. The molecule has 3 aromatic carbocycles. The van der Waals surface area contributed by atoms with Crippen molar-refractivity contribution in [2.45, 2.75) is 40.5 Å². The SMILES string of the molecule is CCCOC(=O)COc1c2ccc(C)cc2c(OCC(=O)OCCC)c2ccc(C)cc12. The van der Waals surface area contributed by atoms with Crippen molar-refractivity contribution in [3.8, 4) is 11.5 Å². The number of carbonyl (C=O) groups excluding carboxylic acids is 2. The van der Waals surface area contributed by atoms with Crippen LogP contribution in [0.5, 0.6) is 11.5 Å². The van der Waals surface area contributed by atoms with E-state index in [1.54, 1.807) is 0 Å². The molecule has 0 bridgehead atoms. The summed E-state index contributed by atoms with van der Waals surface area (Å²) in [6.07, 6.45) is 1.51. The molecule has 170 valence electrons. The predicted octanol–water partition coefficient (Wildman–Crippen LogP) is 5.27. The van der Waals surface area contributed by atoms with Gasteiger partial charge in [-0.3, -0.25) is 0 Å². The van der Waals surface area contributed by atoms with Gasteiger partial charge in [-0.05, 0) is 38.8 Å². The number of esters is 2. The van der Waals surface area contributed by atoms with Gasteiger partial charge in [0.1, 0.15) is 11.5 Å². The minimum atomic E-state index is -0.410. The molecule has 32 heavy (non-hydrogen) atoms. The van der Waals surface area contributed by atoms with Crippen molar-refractivity contribution in [3.63, 3.8) is 0 Å². The molecule has 0 aliphatic heterocycles. The van der Waals surface area contributed by atoms with Gasteiger partial charge in [-0.1, -0.05) is 49.2 Å². The van der Waals surface area contributed by atoms with Crippen LogP contribution >= 0.6 is 0 Å². The van der Waals surface area contributed by atoms with Gasteiger partial charge in [0.2, 0.25) is 0 Å². The van der Waals surface area contributed by atoms with Crippen molar-refractivity contribution in [1.82, 2.24) is 0 Å². The summed E-state index contributed by atoms with van der Waals surface area (Å²) in [7, 11) is 0. The Kier molecular flexibility index (Phi) is 7.92. The van der Waals surface area contributed by atoms with Gasteiger partial charge < -0.3 is 18.9 Å². The molecule has 0 amide bonds. The topological polar surface area (TPSA) is 71.1 Å². The highest BCUT2D eigenvalue weighted by Gasteiger charge is 2.19. The van der Waals surface area contributed by atoms with Gasteiger partial charge in [-0.15, -0.1) is 0 Å². The van der Waals surface area contributed by atoms with Crippen molar-refractivity contribution in [2.24, 2.45) is 0 Å². The fourth-order valence-corrected chi connectivity index (χ4v) is 3.47. The van der Waals surface area contributed by atoms with Crippen LogP contribution in [0.2, 0.25) is 0 Å². The van der Waals surface area contributed by atoms with Gasteiger partial charge in [0.25, 0.3) is 0 Å². The molecule has 6 heteroatoms. The van der Waals surface area contributed by atoms with E-state index in [0.717, 1.165) is 45.5 Å². The summed E-state index contributed by atoms with van der Waals surface area (Å²) in [4.78, 5) is 24.2. The van der Waals surface area contributed by atoms with Gasteiger partial charge in [0.15, 0.2) is 13.2 Å². The number of hydrogen-bond donors (Lipinski definition) is 0. The van der Waals surface area contributed by atoms with E-state index in [-0.39, 0.29) is 13.2 Å². The highest BCUT2D eigenvalue weighted by molar-refractivity contribution is 6.11. The molecule has 0 saturated heterocycles. The summed E-state index contributed by atoms with van der Waals surface area (Å²) in [5, 5.41) is 3.21. The van der Waals surface area contributed by atoms with Crippen molar-refractivity contribution in [2.75, 3.05) is 26.4 Å². The Morgan fingerprint density at radius 3 is 1.44 bits per heavy atom. The molecular formula is C26H30O6. The number of aryl methyl sites for hydroxylation is 2. The third-order valence-corrected chi connectivity index (χ3v) is 4.93. The summed E-state index contributed by atoms with van der Waals surface area (Å²) in [6, 6.07) is 11.8. The lowest BCUT2D eigenvalue weighted by atomic mass is 9.98. The predicted molar refractivity (Wildman–Crippen MR) is 124 cm³/mol. The molecule has 3 rings (SSSR count). The highest BCUT2D eigenvalue weighted by Crippen LogP contribution is 2.43. The first kappa shape index (κ1) is 23.4. The second-order valence-corrected chi connectivity index (χ2v) is 7.77. The number of rotatable bonds is 10. The number of hydrogen-bond acceptors (Lipinski definition) is 6. The van der Waals surface area contributed by atoms with Crippen LogP contribution in [0.3, 0.4) is 0 Å². The minimum absolute atomic E-state index is 0.185. The molecule has 0 aromatic heterocycles. The van der Waals surface area contributed by atoms with E-state index < -0.39 is 11.9 Å². The van der Waals surface area contributed by atoms with E-state index in [1.807, 2.05) is 64.1 Å². The van der Waals surface area contributed by atoms with E-state index in [2.05, 4.69) is 0 Å². The average Bonchev–Trinajstić information content (AvgIpc) is 2.78. The van der Waals surface area contributed by atoms with Crippen LogP contribution in [0.4, 0.5) is 0 Å². The lowest BCUT2D eigenvalue weighted by Gasteiger charge is -2.18. The van der Waals surface area contributed by atoms with Crippen molar-refractivity contribution >= 4 is 33.5 Å². The number of benzene rings is 3. The van der Waals surface area contributed by atoms with Gasteiger partial charge in [-0.2, -0.15) is 0 Å². The Labute approximate surface area is 188 Å². The zero-order chi connectivity index (χ0) is 23.1. The molecule has 0 fully saturated rings. The van der Waals surface area contributed by atoms with Crippen LogP contribution in [0, 0.1) is 13.8 Å². The van der Waals surface area contributed by atoms with Gasteiger partial charge >= 0.3 is 11.9 Å². The fourth-order valence-electron chi connectivity index (χ4n) is 3.47. The van der Waals surface area contributed by atoms with Crippen molar-refractivity contribution in [3.05, 3.63) is 47.5 Å². The fraction of sp³-hybridized carbons (Fsp3) is 0.385. The molecule has 0 N–H and O–H groups in total. The second-order valence-electron chi connectivity index (χ2n) is 7.77. The lowest BCUT2D eigenvalue weighted by Crippen LogP contribution is -2.16. The molecule has 0 unspecified atom stereocenters. The van der Waals surface area contributed by atoms with Crippen LogP contribution in [0.15, 0.2) is 36.4 Å². The Morgan fingerprint density at radius 2 is 1.06 bits per heavy atom. The lowest BCUT2D eigenvalue weighted by molar-refractivity contribution is -0.146. The maximum Gasteiger partial charge on any atom is 0.344 e. The van der Waals surface area contributed by atoms with Crippen molar-refractivity contribution < 1.29 is 28.5 Å². The van der Waals surface area contributed by atoms with Crippen LogP contribution < -0.4 is 9.47 Å². The number of ether oxygens (including phenoxy) is 4. The summed E-state index contributed by atoms with van der Waals surface area (Å²) in [5.41, 5.74) is 2.08. The monoisotopic (exact) mass is 438 g/mol. The molecule has 0 spiro atoms. The van der Waals surface area contributed by atoms with Crippen LogP contribution in [-0.2, 0) is 19.1 Å². The largest absolute Gasteiger partial charge is 0.481 e. The molecular weight excluding hydrogens is 408 g/mol. The van der Waals surface area contributed by atoms with Gasteiger partial charge in [0.05, 0.1) is 13.2 Å². The minimum Gasteiger partial charge on any atom is -0.481 e. The zero-order valence-corrected chi connectivity index (χ0v) is 19.2. The summed E-state index contributed by atoms with van der Waals surface area (Å²) < 4.78 is 22.3. The summed E-state index contributed by atoms with van der Waals surface area (Å²) >= 11 is 0. The smallest absolute Gasteiger partial charge is 0.344 e. The molecule has 0 aliphatic rings. The Bertz CT molecular complexity index is 1030. The highest BCUT2D eigenvalue weighted by atomic mass is 16.6. The summed E-state index contributed by atoms with van der Waals surface area (Å²) in [5.74, 6) is 0.361. The van der Waals surface area contributed by atoms with E-state index in [0.29, 0.717) is 24.7 Å². The van der Waals surface area contributed by atoms with E-state index in [4.69, 9.17) is 18.9 Å². The zero-order valence-electron chi connectivity index (χ0n) is 19.2. The van der Waals surface area contributed by atoms with Crippen LogP contribution in [0.25, 0.3) is 21.5 Å². The van der Waals surface area contributed by atoms with E-state index >= 15 is 0 Å². The molecule has 0 heterocycles. The first-order valence-electron chi connectivity index (χ1n) is 11.0. The molecule has 0 atom stereocenters. The van der Waals surface area contributed by atoms with E-state index in [1.165, 1.54) is 0 Å². The second kappa shape index (κ2) is 10.8. The van der Waals surface area contributed by atoms with Gasteiger partial charge in [-0.25, -0.2) is 9.59 Å². The number of carbonyl (C=O) groups is 2. The standard InChI is InChI=1S/C26H30O6/c1-5-11-29-23(27)15-31-25-19-9-7-18(4)14-22(19)26(32-16-24(28)30-12-6-2)20-10-8-17(3)13-21(20)25/h7-10,13-14H,5-6,11-12,15-16H2,1-4H3. The first-order valence-corrected chi connectivity index (χ1v) is 11.0. The maximum atomic E-state index is 12.1. The van der Waals surface area contributed by atoms with Gasteiger partial charge in [0, 0.05) is 21.5 Å². The van der Waals surface area contributed by atoms with Crippen molar-refractivity contribution in [1.29, 1.82) is 0 Å². The van der Waals surface area contributed by atoms with Crippen LogP contribution in [0.1, 0.15) is 37.8 Å². The number of fused-ring (bicyclic) bond motifs is 2. The molecule has 0 saturated carbocycles. The molecule has 6 nitrogen and oxygen atoms in total. The maximum absolute atomic E-state index is 12.1. The summed E-state index contributed by atoms with van der Waals surface area (Å²) in [6.45, 7) is 8.21. The molecule has 0 aliphatic carbocycles. The average molecular weight is 439 g/mol. The normalized spacial score (nSPS) is 10.9. The third kappa shape index (κ3) is 5.49. The quantitative estimate of drug-likeness (QED) is 0.317. The molecule has 0 radical (unpaired) electrons. The molecule has 3 aromatic rings. The van der Waals surface area contributed by atoms with Crippen LogP contribution in [-0.4, -0.2) is 38.4 Å².